The Morgan fingerprint density at radius 3 is 2.44 bits per heavy atom. The van der Waals surface area contributed by atoms with E-state index in [-0.39, 0.29) is 5.92 Å². The lowest BCUT2D eigenvalue weighted by Crippen LogP contribution is -2.24. The first-order valence-corrected chi connectivity index (χ1v) is 5.29. The molecular weight excluding hydrogens is 212 g/mol. The number of benzene rings is 1. The van der Waals surface area contributed by atoms with Crippen LogP contribution in [0.1, 0.15) is 18.4 Å². The molecule has 0 bridgehead atoms. The zero-order chi connectivity index (χ0) is 12.0. The smallest absolute Gasteiger partial charge is 0.126 e. The van der Waals surface area contributed by atoms with Crippen LogP contribution in [0.3, 0.4) is 0 Å². The number of ether oxygens (including phenoxy) is 1. The summed E-state index contributed by atoms with van der Waals surface area (Å²) in [5, 5.41) is 3.15. The van der Waals surface area contributed by atoms with Crippen LogP contribution in [0.15, 0.2) is 18.2 Å². The number of hydrogen-bond acceptors (Lipinski definition) is 2. The van der Waals surface area contributed by atoms with E-state index in [4.69, 9.17) is 4.74 Å². The van der Waals surface area contributed by atoms with E-state index in [0.29, 0.717) is 18.7 Å². The maximum Gasteiger partial charge on any atom is 0.126 e. The summed E-state index contributed by atoms with van der Waals surface area (Å²) >= 11 is 0. The summed E-state index contributed by atoms with van der Waals surface area (Å²) < 4.78 is 30.8. The fraction of sp³-hybridized carbons (Fsp3) is 0.500. The molecule has 0 spiro atoms. The zero-order valence-electron chi connectivity index (χ0n) is 9.59. The standard InChI is InChI=1S/C12H17F2NO/c1-9(8-15-3-4-16-2)10-5-11(13)7-12(14)6-10/h5-7,9,15H,3-4,8H2,1-2H3. The molecule has 2 nitrogen and oxygen atoms in total. The molecule has 0 radical (unpaired) electrons. The lowest BCUT2D eigenvalue weighted by molar-refractivity contribution is 0.199. The van der Waals surface area contributed by atoms with E-state index in [1.807, 2.05) is 6.92 Å². The maximum atomic E-state index is 13.0. The van der Waals surface area contributed by atoms with Crippen LogP contribution in [0.2, 0.25) is 0 Å². The molecule has 1 unspecified atom stereocenters. The number of nitrogens with one attached hydrogen (secondary N) is 1. The van der Waals surface area contributed by atoms with Crippen molar-refractivity contribution in [3.63, 3.8) is 0 Å². The minimum absolute atomic E-state index is 0.0713. The van der Waals surface area contributed by atoms with E-state index >= 15 is 0 Å². The van der Waals surface area contributed by atoms with Gasteiger partial charge >= 0.3 is 0 Å². The minimum Gasteiger partial charge on any atom is -0.383 e. The molecule has 0 aliphatic rings. The molecule has 1 aromatic rings. The molecule has 16 heavy (non-hydrogen) atoms. The van der Waals surface area contributed by atoms with Gasteiger partial charge in [-0.1, -0.05) is 6.92 Å². The average Bonchev–Trinajstić information content (AvgIpc) is 2.22. The SMILES string of the molecule is COCCNCC(C)c1cc(F)cc(F)c1. The Hall–Kier alpha value is -1.00. The van der Waals surface area contributed by atoms with E-state index in [2.05, 4.69) is 5.32 Å². The number of methoxy groups -OCH3 is 1. The molecule has 90 valence electrons. The summed E-state index contributed by atoms with van der Waals surface area (Å²) in [5.74, 6) is -0.987. The van der Waals surface area contributed by atoms with Crippen LogP contribution in [0.5, 0.6) is 0 Å². The summed E-state index contributed by atoms with van der Waals surface area (Å²) in [7, 11) is 1.63. The topological polar surface area (TPSA) is 21.3 Å². The van der Waals surface area contributed by atoms with Crippen LogP contribution in [0, 0.1) is 11.6 Å². The van der Waals surface area contributed by atoms with Crippen LogP contribution in [0.25, 0.3) is 0 Å². The molecule has 1 rings (SSSR count). The average molecular weight is 229 g/mol. The third-order valence-electron chi connectivity index (χ3n) is 2.39. The molecule has 0 amide bonds. The molecule has 0 aromatic heterocycles. The highest BCUT2D eigenvalue weighted by Gasteiger charge is 2.08. The Balaban J connectivity index is 2.48. The third kappa shape index (κ3) is 4.24. The van der Waals surface area contributed by atoms with Crippen molar-refractivity contribution >= 4 is 0 Å². The summed E-state index contributed by atoms with van der Waals surface area (Å²) in [4.78, 5) is 0. The van der Waals surface area contributed by atoms with Gasteiger partial charge in [0, 0.05) is 26.3 Å². The predicted molar refractivity (Wildman–Crippen MR) is 59.5 cm³/mol. The molecule has 0 saturated heterocycles. The maximum absolute atomic E-state index is 13.0. The van der Waals surface area contributed by atoms with Crippen molar-refractivity contribution in [1.29, 1.82) is 0 Å². The van der Waals surface area contributed by atoms with E-state index in [0.717, 1.165) is 12.6 Å². The second-order valence-corrected chi connectivity index (χ2v) is 3.80. The van der Waals surface area contributed by atoms with Gasteiger partial charge in [-0.3, -0.25) is 0 Å². The Morgan fingerprint density at radius 1 is 1.25 bits per heavy atom. The van der Waals surface area contributed by atoms with Crippen LogP contribution >= 0.6 is 0 Å². The van der Waals surface area contributed by atoms with Gasteiger partial charge in [-0.2, -0.15) is 0 Å². The molecule has 4 heteroatoms. The Labute approximate surface area is 94.6 Å². The van der Waals surface area contributed by atoms with Crippen molar-refractivity contribution in [1.82, 2.24) is 5.32 Å². The Kier molecular flexibility index (Phi) is 5.35. The largest absolute Gasteiger partial charge is 0.383 e. The molecule has 0 aliphatic heterocycles. The molecule has 0 fully saturated rings. The molecule has 0 saturated carbocycles. The van der Waals surface area contributed by atoms with Crippen molar-refractivity contribution in [2.24, 2.45) is 0 Å². The van der Waals surface area contributed by atoms with Gasteiger partial charge in [0.1, 0.15) is 11.6 Å². The highest BCUT2D eigenvalue weighted by Crippen LogP contribution is 2.17. The quantitative estimate of drug-likeness (QED) is 0.756. The van der Waals surface area contributed by atoms with Gasteiger partial charge in [-0.05, 0) is 23.6 Å². The molecule has 1 aromatic carbocycles. The van der Waals surface area contributed by atoms with Gasteiger partial charge in [0.2, 0.25) is 0 Å². The number of rotatable bonds is 6. The fourth-order valence-corrected chi connectivity index (χ4v) is 1.47. The lowest BCUT2D eigenvalue weighted by Gasteiger charge is -2.13. The summed E-state index contributed by atoms with van der Waals surface area (Å²) in [6.45, 7) is 3.96. The van der Waals surface area contributed by atoms with Crippen molar-refractivity contribution in [2.75, 3.05) is 26.8 Å². The van der Waals surface area contributed by atoms with E-state index in [1.165, 1.54) is 12.1 Å². The Morgan fingerprint density at radius 2 is 1.88 bits per heavy atom. The molecule has 1 N–H and O–H groups in total. The molecular formula is C12H17F2NO. The van der Waals surface area contributed by atoms with Crippen molar-refractivity contribution < 1.29 is 13.5 Å². The zero-order valence-corrected chi connectivity index (χ0v) is 9.59. The summed E-state index contributed by atoms with van der Waals surface area (Å²) in [6, 6.07) is 3.62. The second-order valence-electron chi connectivity index (χ2n) is 3.80. The van der Waals surface area contributed by atoms with Crippen LogP contribution in [-0.4, -0.2) is 26.8 Å². The van der Waals surface area contributed by atoms with E-state index in [1.54, 1.807) is 7.11 Å². The fourth-order valence-electron chi connectivity index (χ4n) is 1.47. The van der Waals surface area contributed by atoms with Gasteiger partial charge < -0.3 is 10.1 Å². The first kappa shape index (κ1) is 13.1. The molecule has 1 atom stereocenters. The van der Waals surface area contributed by atoms with Gasteiger partial charge in [-0.15, -0.1) is 0 Å². The van der Waals surface area contributed by atoms with Gasteiger partial charge in [0.15, 0.2) is 0 Å². The molecule has 0 heterocycles. The summed E-state index contributed by atoms with van der Waals surface area (Å²) in [5.41, 5.74) is 0.669. The van der Waals surface area contributed by atoms with Crippen molar-refractivity contribution in [3.05, 3.63) is 35.4 Å². The van der Waals surface area contributed by atoms with Crippen LogP contribution in [-0.2, 0) is 4.74 Å². The van der Waals surface area contributed by atoms with Gasteiger partial charge in [0.05, 0.1) is 6.61 Å². The Bertz CT molecular complexity index is 311. The van der Waals surface area contributed by atoms with E-state index < -0.39 is 11.6 Å². The van der Waals surface area contributed by atoms with Crippen LogP contribution < -0.4 is 5.32 Å². The normalized spacial score (nSPS) is 12.8. The predicted octanol–water partition coefficient (Wildman–Crippen LogP) is 2.30. The first-order chi connectivity index (χ1) is 7.63. The molecule has 0 aliphatic carbocycles. The minimum atomic E-state index is -0.529. The van der Waals surface area contributed by atoms with Gasteiger partial charge in [0.25, 0.3) is 0 Å². The first-order valence-electron chi connectivity index (χ1n) is 5.29. The van der Waals surface area contributed by atoms with Crippen molar-refractivity contribution in [2.45, 2.75) is 12.8 Å². The highest BCUT2D eigenvalue weighted by molar-refractivity contribution is 5.21. The number of halogens is 2. The number of hydrogen-bond donors (Lipinski definition) is 1. The van der Waals surface area contributed by atoms with Crippen molar-refractivity contribution in [3.8, 4) is 0 Å². The highest BCUT2D eigenvalue weighted by atomic mass is 19.1. The second kappa shape index (κ2) is 6.55. The van der Waals surface area contributed by atoms with Crippen LogP contribution in [0.4, 0.5) is 8.78 Å². The third-order valence-corrected chi connectivity index (χ3v) is 2.39. The monoisotopic (exact) mass is 229 g/mol. The van der Waals surface area contributed by atoms with Gasteiger partial charge in [-0.25, -0.2) is 8.78 Å². The summed E-state index contributed by atoms with van der Waals surface area (Å²) in [6.07, 6.45) is 0. The lowest BCUT2D eigenvalue weighted by atomic mass is 10.0. The van der Waals surface area contributed by atoms with E-state index in [9.17, 15) is 8.78 Å².